The molecule has 0 N–H and O–H groups in total. The highest BCUT2D eigenvalue weighted by Crippen LogP contribution is 2.32. The van der Waals surface area contributed by atoms with Crippen molar-refractivity contribution in [1.82, 2.24) is 0 Å². The van der Waals surface area contributed by atoms with E-state index in [-0.39, 0.29) is 22.4 Å². The molecule has 0 fully saturated rings. The van der Waals surface area contributed by atoms with E-state index >= 15 is 0 Å². The highest BCUT2D eigenvalue weighted by Gasteiger charge is 2.19. The summed E-state index contributed by atoms with van der Waals surface area (Å²) in [6, 6.07) is 4.81. The van der Waals surface area contributed by atoms with Gasteiger partial charge in [-0.1, -0.05) is 12.1 Å². The number of hydrogen-bond donors (Lipinski definition) is 0. The molecule has 0 heterocycles. The summed E-state index contributed by atoms with van der Waals surface area (Å²) in [5.41, 5.74) is -0.590. The maximum atomic E-state index is 13.8. The third-order valence-electron chi connectivity index (χ3n) is 2.83. The molecule has 0 radical (unpaired) electrons. The van der Waals surface area contributed by atoms with Gasteiger partial charge >= 0.3 is 0 Å². The van der Waals surface area contributed by atoms with Gasteiger partial charge in [0.25, 0.3) is 0 Å². The number of benzene rings is 2. The SMILES string of the molecule is COc1ccc(-c2ccc(C)c(F)c2F)c(F)c1F. The van der Waals surface area contributed by atoms with Crippen LogP contribution in [0.4, 0.5) is 17.6 Å². The maximum absolute atomic E-state index is 13.8. The first kappa shape index (κ1) is 13.4. The molecule has 0 amide bonds. The van der Waals surface area contributed by atoms with Crippen molar-refractivity contribution in [3.8, 4) is 16.9 Å². The second-order valence-corrected chi connectivity index (χ2v) is 4.00. The predicted octanol–water partition coefficient (Wildman–Crippen LogP) is 4.23. The van der Waals surface area contributed by atoms with E-state index in [0.29, 0.717) is 0 Å². The van der Waals surface area contributed by atoms with E-state index in [9.17, 15) is 17.6 Å². The number of hydrogen-bond acceptors (Lipinski definition) is 1. The molecule has 0 spiro atoms. The zero-order valence-corrected chi connectivity index (χ0v) is 10.2. The lowest BCUT2D eigenvalue weighted by atomic mass is 10.0. The molecule has 0 aliphatic rings. The molecule has 0 saturated heterocycles. The monoisotopic (exact) mass is 270 g/mol. The zero-order chi connectivity index (χ0) is 14.2. The Labute approximate surface area is 107 Å². The molecule has 0 aliphatic heterocycles. The summed E-state index contributed by atoms with van der Waals surface area (Å²) in [6.07, 6.45) is 0. The van der Waals surface area contributed by atoms with E-state index in [1.165, 1.54) is 26.2 Å². The average molecular weight is 270 g/mol. The second kappa shape index (κ2) is 4.91. The van der Waals surface area contributed by atoms with Gasteiger partial charge in [-0.2, -0.15) is 4.39 Å². The quantitative estimate of drug-likeness (QED) is 0.742. The fourth-order valence-corrected chi connectivity index (χ4v) is 1.75. The van der Waals surface area contributed by atoms with E-state index < -0.39 is 23.3 Å². The van der Waals surface area contributed by atoms with Crippen molar-refractivity contribution in [3.63, 3.8) is 0 Å². The smallest absolute Gasteiger partial charge is 0.201 e. The summed E-state index contributed by atoms with van der Waals surface area (Å²) in [4.78, 5) is 0. The second-order valence-electron chi connectivity index (χ2n) is 4.00. The van der Waals surface area contributed by atoms with Crippen LogP contribution in [-0.2, 0) is 0 Å². The molecule has 0 bridgehead atoms. The molecule has 0 aliphatic carbocycles. The molecule has 5 heteroatoms. The van der Waals surface area contributed by atoms with E-state index in [1.807, 2.05) is 0 Å². The van der Waals surface area contributed by atoms with Crippen molar-refractivity contribution >= 4 is 0 Å². The molecule has 2 aromatic rings. The Morgan fingerprint density at radius 1 is 0.737 bits per heavy atom. The number of methoxy groups -OCH3 is 1. The molecule has 0 atom stereocenters. The van der Waals surface area contributed by atoms with Crippen LogP contribution < -0.4 is 4.74 Å². The standard InChI is InChI=1S/C14H10F4O/c1-7-3-4-8(12(16)11(7)15)9-5-6-10(19-2)14(18)13(9)17/h3-6H,1-2H3. The summed E-state index contributed by atoms with van der Waals surface area (Å²) < 4.78 is 59.1. The Morgan fingerprint density at radius 2 is 1.26 bits per heavy atom. The molecule has 2 aromatic carbocycles. The molecule has 0 aromatic heterocycles. The Morgan fingerprint density at radius 3 is 1.84 bits per heavy atom. The Kier molecular flexibility index (Phi) is 3.46. The average Bonchev–Trinajstić information content (AvgIpc) is 2.40. The third-order valence-corrected chi connectivity index (χ3v) is 2.83. The first-order chi connectivity index (χ1) is 8.97. The van der Waals surface area contributed by atoms with Gasteiger partial charge in [-0.05, 0) is 24.6 Å². The minimum Gasteiger partial charge on any atom is -0.494 e. The van der Waals surface area contributed by atoms with Crippen LogP contribution in [0.1, 0.15) is 5.56 Å². The van der Waals surface area contributed by atoms with Crippen LogP contribution in [0.3, 0.4) is 0 Å². The topological polar surface area (TPSA) is 9.23 Å². The maximum Gasteiger partial charge on any atom is 0.201 e. The largest absolute Gasteiger partial charge is 0.494 e. The lowest BCUT2D eigenvalue weighted by molar-refractivity contribution is 0.372. The Bertz CT molecular complexity index is 638. The zero-order valence-electron chi connectivity index (χ0n) is 10.2. The van der Waals surface area contributed by atoms with Crippen molar-refractivity contribution in [2.45, 2.75) is 6.92 Å². The van der Waals surface area contributed by atoms with E-state index in [0.717, 1.165) is 12.1 Å². The predicted molar refractivity (Wildman–Crippen MR) is 63.0 cm³/mol. The van der Waals surface area contributed by atoms with Crippen molar-refractivity contribution in [3.05, 3.63) is 53.1 Å². The summed E-state index contributed by atoms with van der Waals surface area (Å²) in [7, 11) is 1.18. The van der Waals surface area contributed by atoms with Crippen molar-refractivity contribution in [1.29, 1.82) is 0 Å². The van der Waals surface area contributed by atoms with Gasteiger partial charge in [0.1, 0.15) is 0 Å². The van der Waals surface area contributed by atoms with Gasteiger partial charge < -0.3 is 4.74 Å². The van der Waals surface area contributed by atoms with Crippen LogP contribution in [0.5, 0.6) is 5.75 Å². The lowest BCUT2D eigenvalue weighted by Crippen LogP contribution is -1.98. The summed E-state index contributed by atoms with van der Waals surface area (Å²) in [5.74, 6) is -5.09. The Balaban J connectivity index is 2.67. The number of aryl methyl sites for hydroxylation is 1. The van der Waals surface area contributed by atoms with Crippen molar-refractivity contribution < 1.29 is 22.3 Å². The molecule has 19 heavy (non-hydrogen) atoms. The van der Waals surface area contributed by atoms with Gasteiger partial charge in [0.15, 0.2) is 23.2 Å². The molecule has 0 unspecified atom stereocenters. The summed E-state index contributed by atoms with van der Waals surface area (Å²) >= 11 is 0. The van der Waals surface area contributed by atoms with Gasteiger partial charge in [0.05, 0.1) is 7.11 Å². The fraction of sp³-hybridized carbons (Fsp3) is 0.143. The molecule has 1 nitrogen and oxygen atoms in total. The normalized spacial score (nSPS) is 10.6. The number of halogens is 4. The van der Waals surface area contributed by atoms with Gasteiger partial charge in [0.2, 0.25) is 5.82 Å². The first-order valence-corrected chi connectivity index (χ1v) is 5.44. The number of rotatable bonds is 2. The molecule has 0 saturated carbocycles. The van der Waals surface area contributed by atoms with Crippen LogP contribution in [0, 0.1) is 30.2 Å². The van der Waals surface area contributed by atoms with Crippen LogP contribution in [0.15, 0.2) is 24.3 Å². The van der Waals surface area contributed by atoms with Gasteiger partial charge in [0, 0.05) is 11.1 Å². The van der Waals surface area contributed by atoms with Gasteiger partial charge in [-0.3, -0.25) is 0 Å². The van der Waals surface area contributed by atoms with Gasteiger partial charge in [-0.15, -0.1) is 0 Å². The van der Waals surface area contributed by atoms with E-state index in [1.54, 1.807) is 0 Å². The summed E-state index contributed by atoms with van der Waals surface area (Å²) in [6.45, 7) is 1.38. The fourth-order valence-electron chi connectivity index (χ4n) is 1.75. The Hall–Kier alpha value is -2.04. The molecule has 2 rings (SSSR count). The van der Waals surface area contributed by atoms with Crippen LogP contribution in [0.25, 0.3) is 11.1 Å². The summed E-state index contributed by atoms with van der Waals surface area (Å²) in [5, 5.41) is 0. The number of ether oxygens (including phenoxy) is 1. The van der Waals surface area contributed by atoms with Crippen LogP contribution in [-0.4, -0.2) is 7.11 Å². The highest BCUT2D eigenvalue weighted by atomic mass is 19.2. The first-order valence-electron chi connectivity index (χ1n) is 5.44. The lowest BCUT2D eigenvalue weighted by Gasteiger charge is -2.10. The molecular formula is C14H10F4O. The third kappa shape index (κ3) is 2.16. The van der Waals surface area contributed by atoms with E-state index in [2.05, 4.69) is 4.74 Å². The van der Waals surface area contributed by atoms with E-state index in [4.69, 9.17) is 0 Å². The van der Waals surface area contributed by atoms with Gasteiger partial charge in [-0.25, -0.2) is 13.2 Å². The van der Waals surface area contributed by atoms with Crippen molar-refractivity contribution in [2.24, 2.45) is 0 Å². The van der Waals surface area contributed by atoms with Crippen LogP contribution in [0.2, 0.25) is 0 Å². The molecular weight excluding hydrogens is 260 g/mol. The highest BCUT2D eigenvalue weighted by molar-refractivity contribution is 5.66. The molecule has 100 valence electrons. The van der Waals surface area contributed by atoms with Crippen molar-refractivity contribution in [2.75, 3.05) is 7.11 Å². The minimum absolute atomic E-state index is 0.0932. The van der Waals surface area contributed by atoms with Crippen LogP contribution >= 0.6 is 0 Å². The minimum atomic E-state index is -1.28.